The molecule has 0 radical (unpaired) electrons. The van der Waals surface area contributed by atoms with Crippen LogP contribution in [-0.4, -0.2) is 19.5 Å². The van der Waals surface area contributed by atoms with Crippen molar-refractivity contribution in [2.45, 2.75) is 18.2 Å². The predicted molar refractivity (Wildman–Crippen MR) is 86.7 cm³/mol. The van der Waals surface area contributed by atoms with Gasteiger partial charge in [-0.15, -0.1) is 0 Å². The quantitative estimate of drug-likeness (QED) is 0.833. The monoisotopic (exact) mass is 381 g/mol. The molecule has 7 heteroatoms. The lowest BCUT2D eigenvalue weighted by Crippen LogP contribution is -2.17. The smallest absolute Gasteiger partial charge is 0.336 e. The van der Waals surface area contributed by atoms with E-state index in [-0.39, 0.29) is 16.1 Å². The molecule has 0 spiro atoms. The van der Waals surface area contributed by atoms with Crippen molar-refractivity contribution in [3.8, 4) is 11.1 Å². The van der Waals surface area contributed by atoms with E-state index in [1.165, 1.54) is 12.1 Å². The highest BCUT2D eigenvalue weighted by Gasteiger charge is 2.25. The third kappa shape index (κ3) is 2.30. The molecule has 2 aliphatic rings. The number of benzene rings is 2. The number of hydrogen-bond acceptors (Lipinski definition) is 3. The number of aryl methyl sites for hydroxylation is 1. The minimum absolute atomic E-state index is 0.109. The number of anilines is 1. The zero-order chi connectivity index (χ0) is 16.1. The molecular formula is C15H12BrNO4S. The van der Waals surface area contributed by atoms with E-state index in [9.17, 15) is 18.3 Å². The first-order valence-electron chi connectivity index (χ1n) is 6.56. The number of aromatic carboxylic acids is 1. The number of carboxylic acid groups (broad SMARTS) is 1. The minimum atomic E-state index is -3.76. The summed E-state index contributed by atoms with van der Waals surface area (Å²) in [5.74, 6) is -1.07. The molecule has 0 fully saturated rings. The minimum Gasteiger partial charge on any atom is -0.478 e. The number of rotatable bonds is 2. The van der Waals surface area contributed by atoms with E-state index >= 15 is 0 Å². The average Bonchev–Trinajstić information content (AvgIpc) is 2.44. The van der Waals surface area contributed by atoms with Gasteiger partial charge in [-0.2, -0.15) is 0 Å². The second kappa shape index (κ2) is 5.10. The molecule has 4 rings (SSSR count). The molecule has 2 bridgehead atoms. The van der Waals surface area contributed by atoms with Gasteiger partial charge in [0.05, 0.1) is 11.3 Å². The second-order valence-corrected chi connectivity index (χ2v) is 7.47. The van der Waals surface area contributed by atoms with Crippen LogP contribution in [0.25, 0.3) is 11.1 Å². The molecule has 0 saturated carbocycles. The highest BCUT2D eigenvalue weighted by atomic mass is 79.9. The summed E-state index contributed by atoms with van der Waals surface area (Å²) in [6.45, 7) is 1.86. The van der Waals surface area contributed by atoms with Crippen molar-refractivity contribution >= 4 is 37.6 Å². The lowest BCUT2D eigenvalue weighted by molar-refractivity contribution is 0.0696. The standard InChI is InChI=1S/C15H12BrNO4S/c1-2-8-5-10-9-3-4-14(12(16)6-9)22(20,21)17-13(10)7-11(8)15(18)19/h3-7,17H,2H2,1H3,(H,18,19). The number of sulfonamides is 1. The summed E-state index contributed by atoms with van der Waals surface area (Å²) in [5.41, 5.74) is 2.53. The van der Waals surface area contributed by atoms with E-state index < -0.39 is 16.0 Å². The second-order valence-electron chi connectivity index (χ2n) is 4.96. The van der Waals surface area contributed by atoms with Gasteiger partial charge in [0, 0.05) is 10.0 Å². The van der Waals surface area contributed by atoms with Gasteiger partial charge in [0.2, 0.25) is 0 Å². The van der Waals surface area contributed by atoms with Gasteiger partial charge < -0.3 is 5.11 Å². The summed E-state index contributed by atoms with van der Waals surface area (Å²) in [7, 11) is -3.76. The van der Waals surface area contributed by atoms with Crippen LogP contribution in [0.15, 0.2) is 39.7 Å². The molecule has 2 aromatic rings. The Morgan fingerprint density at radius 2 is 2.00 bits per heavy atom. The van der Waals surface area contributed by atoms with Gasteiger partial charge in [0.1, 0.15) is 4.90 Å². The van der Waals surface area contributed by atoms with E-state index in [2.05, 4.69) is 20.7 Å². The topological polar surface area (TPSA) is 83.5 Å². The molecule has 0 aromatic heterocycles. The Bertz CT molecular complexity index is 906. The average molecular weight is 382 g/mol. The fourth-order valence-electron chi connectivity index (χ4n) is 2.55. The van der Waals surface area contributed by atoms with Crippen molar-refractivity contribution in [3.05, 3.63) is 45.9 Å². The van der Waals surface area contributed by atoms with Gasteiger partial charge in [0.15, 0.2) is 0 Å². The van der Waals surface area contributed by atoms with Crippen LogP contribution in [0.2, 0.25) is 0 Å². The molecule has 22 heavy (non-hydrogen) atoms. The molecule has 5 nitrogen and oxygen atoms in total. The molecule has 2 heterocycles. The van der Waals surface area contributed by atoms with Crippen molar-refractivity contribution in [2.75, 3.05) is 4.72 Å². The van der Waals surface area contributed by atoms with Crippen molar-refractivity contribution in [1.29, 1.82) is 0 Å². The maximum atomic E-state index is 12.4. The van der Waals surface area contributed by atoms with Crippen molar-refractivity contribution < 1.29 is 18.3 Å². The van der Waals surface area contributed by atoms with Crippen molar-refractivity contribution in [1.82, 2.24) is 0 Å². The van der Waals surface area contributed by atoms with Gasteiger partial charge in [-0.25, -0.2) is 13.2 Å². The molecule has 2 aromatic carbocycles. The largest absolute Gasteiger partial charge is 0.478 e. The number of nitrogens with one attached hydrogen (secondary N) is 1. The molecular weight excluding hydrogens is 370 g/mol. The van der Waals surface area contributed by atoms with Crippen LogP contribution < -0.4 is 4.72 Å². The van der Waals surface area contributed by atoms with Crippen LogP contribution in [0.3, 0.4) is 0 Å². The van der Waals surface area contributed by atoms with E-state index in [4.69, 9.17) is 0 Å². The highest BCUT2D eigenvalue weighted by Crippen LogP contribution is 2.39. The van der Waals surface area contributed by atoms with Crippen LogP contribution >= 0.6 is 15.9 Å². The number of fused-ring (bicyclic) bond motifs is 3. The SMILES string of the molecule is CCc1cc2c(cc1C(=O)O)NS(=O)(=O)c1ccc-2cc1Br. The Morgan fingerprint density at radius 3 is 2.59 bits per heavy atom. The van der Waals surface area contributed by atoms with Crippen LogP contribution in [0.5, 0.6) is 0 Å². The Morgan fingerprint density at radius 1 is 1.27 bits per heavy atom. The van der Waals surface area contributed by atoms with Gasteiger partial charge in [-0.05, 0) is 57.7 Å². The van der Waals surface area contributed by atoms with Gasteiger partial charge >= 0.3 is 5.97 Å². The Kier molecular flexibility index (Phi) is 3.49. The van der Waals surface area contributed by atoms with E-state index in [1.807, 2.05) is 6.92 Å². The first-order valence-corrected chi connectivity index (χ1v) is 8.84. The maximum absolute atomic E-state index is 12.4. The van der Waals surface area contributed by atoms with Crippen molar-refractivity contribution in [3.63, 3.8) is 0 Å². The molecule has 2 N–H and O–H groups in total. The fourth-order valence-corrected chi connectivity index (χ4v) is 4.69. The normalized spacial score (nSPS) is 14.6. The van der Waals surface area contributed by atoms with Crippen LogP contribution in [-0.2, 0) is 16.4 Å². The zero-order valence-electron chi connectivity index (χ0n) is 11.6. The first-order chi connectivity index (χ1) is 10.3. The molecule has 0 atom stereocenters. The van der Waals surface area contributed by atoms with Crippen LogP contribution in [0.1, 0.15) is 22.8 Å². The van der Waals surface area contributed by atoms with Gasteiger partial charge in [-0.3, -0.25) is 4.72 Å². The van der Waals surface area contributed by atoms with Gasteiger partial charge in [-0.1, -0.05) is 13.0 Å². The van der Waals surface area contributed by atoms with E-state index in [1.54, 1.807) is 18.2 Å². The number of carboxylic acids is 1. The number of hydrogen-bond donors (Lipinski definition) is 2. The Balaban J connectivity index is 2.38. The number of carbonyl (C=O) groups is 1. The van der Waals surface area contributed by atoms with Crippen LogP contribution in [0.4, 0.5) is 5.69 Å². The van der Waals surface area contributed by atoms with Gasteiger partial charge in [0.25, 0.3) is 10.0 Å². The molecule has 2 aliphatic heterocycles. The summed E-state index contributed by atoms with van der Waals surface area (Å²) < 4.78 is 27.7. The predicted octanol–water partition coefficient (Wildman–Crippen LogP) is 3.49. The highest BCUT2D eigenvalue weighted by molar-refractivity contribution is 9.10. The van der Waals surface area contributed by atoms with E-state index in [0.29, 0.717) is 22.0 Å². The molecule has 0 unspecified atom stereocenters. The maximum Gasteiger partial charge on any atom is 0.336 e. The lowest BCUT2D eigenvalue weighted by atomic mass is 9.96. The zero-order valence-corrected chi connectivity index (χ0v) is 14.0. The third-order valence-corrected chi connectivity index (χ3v) is 5.97. The lowest BCUT2D eigenvalue weighted by Gasteiger charge is -2.20. The van der Waals surface area contributed by atoms with Crippen molar-refractivity contribution in [2.24, 2.45) is 0 Å². The first kappa shape index (κ1) is 15.1. The molecule has 0 amide bonds. The molecule has 0 saturated heterocycles. The molecule has 114 valence electrons. The summed E-state index contributed by atoms with van der Waals surface area (Å²) in [6, 6.07) is 8.09. The summed E-state index contributed by atoms with van der Waals surface area (Å²) >= 11 is 3.27. The fraction of sp³-hybridized carbons (Fsp3) is 0.133. The summed E-state index contributed by atoms with van der Waals surface area (Å²) in [4.78, 5) is 11.5. The third-order valence-electron chi connectivity index (χ3n) is 3.63. The van der Waals surface area contributed by atoms with E-state index in [0.717, 1.165) is 5.56 Å². The Hall–Kier alpha value is -1.86. The summed E-state index contributed by atoms with van der Waals surface area (Å²) in [6.07, 6.45) is 0.543. The summed E-state index contributed by atoms with van der Waals surface area (Å²) in [5, 5.41) is 9.31. The Labute approximate surface area is 136 Å². The number of halogens is 1. The van der Waals surface area contributed by atoms with Crippen LogP contribution in [0, 0.1) is 0 Å². The molecule has 0 aliphatic carbocycles.